The Balaban J connectivity index is 1.49. The van der Waals surface area contributed by atoms with Gasteiger partial charge in [-0.15, -0.1) is 0 Å². The van der Waals surface area contributed by atoms with Crippen molar-refractivity contribution in [1.29, 1.82) is 0 Å². The van der Waals surface area contributed by atoms with Crippen LogP contribution in [0.15, 0.2) is 18.2 Å². The molecule has 6 heteroatoms. The Morgan fingerprint density at radius 3 is 2.33 bits per heavy atom. The van der Waals surface area contributed by atoms with Gasteiger partial charge in [0, 0.05) is 44.1 Å². The number of nitrogens with one attached hydrogen (secondary N) is 1. The van der Waals surface area contributed by atoms with Gasteiger partial charge in [-0.1, -0.05) is 40.0 Å². The number of piperazine rings is 1. The monoisotopic (exact) mass is 456 g/mol. The molecule has 2 atom stereocenters. The summed E-state index contributed by atoms with van der Waals surface area (Å²) in [5.41, 5.74) is 6.97. The first kappa shape index (κ1) is 24.5. The summed E-state index contributed by atoms with van der Waals surface area (Å²) in [4.78, 5) is 18.5. The van der Waals surface area contributed by atoms with Crippen molar-refractivity contribution in [3.05, 3.63) is 23.8 Å². The van der Waals surface area contributed by atoms with Crippen molar-refractivity contribution in [1.82, 2.24) is 4.90 Å². The van der Waals surface area contributed by atoms with Crippen LogP contribution in [0.25, 0.3) is 0 Å². The Morgan fingerprint density at radius 1 is 1.09 bits per heavy atom. The summed E-state index contributed by atoms with van der Waals surface area (Å²) in [6.07, 6.45) is 8.25. The number of Topliss-reactive ketones (excluding diaryl/α,β-unsaturated/α-hetero) is 1. The van der Waals surface area contributed by atoms with Crippen LogP contribution in [0, 0.1) is 5.92 Å². The fraction of sp³-hybridized carbons (Fsp3) is 0.741. The van der Waals surface area contributed by atoms with Crippen molar-refractivity contribution >= 4 is 17.2 Å². The molecular weight excluding hydrogens is 412 g/mol. The van der Waals surface area contributed by atoms with Crippen LogP contribution in [0.4, 0.5) is 11.4 Å². The average Bonchev–Trinajstić information content (AvgIpc) is 3.61. The molecule has 0 amide bonds. The van der Waals surface area contributed by atoms with Crippen LogP contribution in [0.5, 0.6) is 0 Å². The largest absolute Gasteiger partial charge is 0.377 e. The van der Waals surface area contributed by atoms with E-state index in [4.69, 9.17) is 5.73 Å². The van der Waals surface area contributed by atoms with Gasteiger partial charge in [-0.05, 0) is 61.8 Å². The van der Waals surface area contributed by atoms with Crippen molar-refractivity contribution < 1.29 is 9.90 Å². The number of carbonyl (C=O) groups is 1. The predicted octanol–water partition coefficient (Wildman–Crippen LogP) is 3.87. The lowest BCUT2D eigenvalue weighted by Crippen LogP contribution is -2.61. The highest BCUT2D eigenvalue weighted by molar-refractivity contribution is 6.02. The highest BCUT2D eigenvalue weighted by Crippen LogP contribution is 2.55. The highest BCUT2D eigenvalue weighted by Gasteiger charge is 2.61. The minimum Gasteiger partial charge on any atom is -0.377 e. The number of rotatable bonds is 9. The number of nitrogens with two attached hydrogens (primary N) is 1. The van der Waals surface area contributed by atoms with Crippen LogP contribution < -0.4 is 16.0 Å². The third-order valence-corrected chi connectivity index (χ3v) is 8.15. The molecule has 33 heavy (non-hydrogen) atoms. The average molecular weight is 457 g/mol. The zero-order valence-electron chi connectivity index (χ0n) is 20.9. The number of hydrogen-bond acceptors (Lipinski definition) is 6. The van der Waals surface area contributed by atoms with Crippen molar-refractivity contribution in [3.8, 4) is 0 Å². The molecule has 2 unspecified atom stereocenters. The van der Waals surface area contributed by atoms with Gasteiger partial charge in [-0.3, -0.25) is 15.4 Å². The topological polar surface area (TPSA) is 81.8 Å². The van der Waals surface area contributed by atoms with E-state index in [-0.39, 0.29) is 5.78 Å². The van der Waals surface area contributed by atoms with E-state index in [1.54, 1.807) is 0 Å². The van der Waals surface area contributed by atoms with Crippen LogP contribution in [-0.2, 0) is 10.2 Å². The third-order valence-electron chi connectivity index (χ3n) is 8.15. The minimum absolute atomic E-state index is 0.209. The van der Waals surface area contributed by atoms with Crippen molar-refractivity contribution in [2.75, 3.05) is 42.9 Å². The molecule has 0 aromatic heterocycles. The molecule has 1 saturated carbocycles. The SMILES string of the molecule is CCCC(CCC)CN1CCN(c2ccc3c(c2)C2(CC2)C(=O)C(N)(O)C(CCC)N3)CC1. The van der Waals surface area contributed by atoms with Crippen LogP contribution in [0.3, 0.4) is 0 Å². The van der Waals surface area contributed by atoms with Gasteiger partial charge in [-0.25, -0.2) is 0 Å². The van der Waals surface area contributed by atoms with Gasteiger partial charge in [0.1, 0.15) is 0 Å². The number of nitrogens with zero attached hydrogens (tertiary/aromatic N) is 2. The molecule has 4 rings (SSSR count). The quantitative estimate of drug-likeness (QED) is 0.490. The van der Waals surface area contributed by atoms with E-state index >= 15 is 0 Å². The standard InChI is InChI=1S/C27H44N4O2/c1-4-7-20(8-5-2)19-30-14-16-31(17-15-30)21-10-11-23-22(18-21)26(12-13-26)25(32)27(28,33)24(29-23)9-6-3/h10-11,18,20,24,29,33H,4-9,12-17,19,28H2,1-3H3. The van der Waals surface area contributed by atoms with Gasteiger partial charge in [0.15, 0.2) is 11.5 Å². The van der Waals surface area contributed by atoms with E-state index in [0.717, 1.165) is 62.6 Å². The summed E-state index contributed by atoms with van der Waals surface area (Å²) in [5.74, 6) is 0.608. The maximum Gasteiger partial charge on any atom is 0.194 e. The van der Waals surface area contributed by atoms with Gasteiger partial charge in [0.25, 0.3) is 0 Å². The smallest absolute Gasteiger partial charge is 0.194 e. The number of benzene rings is 1. The van der Waals surface area contributed by atoms with E-state index in [2.05, 4.69) is 54.1 Å². The Labute approximate surface area is 199 Å². The Morgan fingerprint density at radius 2 is 1.76 bits per heavy atom. The first-order valence-electron chi connectivity index (χ1n) is 13.3. The molecule has 1 aromatic carbocycles. The Bertz CT molecular complexity index is 821. The fourth-order valence-corrected chi connectivity index (χ4v) is 6.11. The molecule has 184 valence electrons. The summed E-state index contributed by atoms with van der Waals surface area (Å²) < 4.78 is 0. The molecule has 2 aliphatic heterocycles. The first-order chi connectivity index (χ1) is 15.9. The zero-order chi connectivity index (χ0) is 23.6. The molecule has 1 aliphatic carbocycles. The van der Waals surface area contributed by atoms with Crippen molar-refractivity contribution in [2.24, 2.45) is 11.7 Å². The van der Waals surface area contributed by atoms with Gasteiger partial charge in [0.05, 0.1) is 11.5 Å². The second-order valence-corrected chi connectivity index (χ2v) is 10.7. The van der Waals surface area contributed by atoms with Gasteiger partial charge in [-0.2, -0.15) is 0 Å². The van der Waals surface area contributed by atoms with E-state index in [1.807, 2.05) is 0 Å². The lowest BCUT2D eigenvalue weighted by atomic mass is 9.83. The second-order valence-electron chi connectivity index (χ2n) is 10.7. The van der Waals surface area contributed by atoms with Gasteiger partial charge in [0.2, 0.25) is 0 Å². The summed E-state index contributed by atoms with van der Waals surface area (Å²) in [6, 6.07) is 6.02. The van der Waals surface area contributed by atoms with Crippen LogP contribution >= 0.6 is 0 Å². The van der Waals surface area contributed by atoms with Crippen molar-refractivity contribution in [2.45, 2.75) is 89.3 Å². The Hall–Kier alpha value is -1.63. The summed E-state index contributed by atoms with van der Waals surface area (Å²) in [7, 11) is 0. The van der Waals surface area contributed by atoms with Gasteiger partial charge < -0.3 is 15.3 Å². The molecule has 3 aliphatic rings. The summed E-state index contributed by atoms with van der Waals surface area (Å²) in [6.45, 7) is 12.1. The first-order valence-corrected chi connectivity index (χ1v) is 13.3. The summed E-state index contributed by atoms with van der Waals surface area (Å²) >= 11 is 0. The zero-order valence-corrected chi connectivity index (χ0v) is 20.9. The molecule has 6 nitrogen and oxygen atoms in total. The van der Waals surface area contributed by atoms with E-state index in [1.165, 1.54) is 37.9 Å². The number of ketones is 1. The van der Waals surface area contributed by atoms with Crippen LogP contribution in [0.2, 0.25) is 0 Å². The molecule has 2 heterocycles. The summed E-state index contributed by atoms with van der Waals surface area (Å²) in [5, 5.41) is 14.4. The fourth-order valence-electron chi connectivity index (χ4n) is 6.11. The number of anilines is 2. The normalized spacial score (nSPS) is 26.9. The predicted molar refractivity (Wildman–Crippen MR) is 136 cm³/mol. The Kier molecular flexibility index (Phi) is 7.37. The molecule has 0 bridgehead atoms. The molecular formula is C27H44N4O2. The minimum atomic E-state index is -1.83. The molecule has 1 saturated heterocycles. The highest BCUT2D eigenvalue weighted by atomic mass is 16.3. The number of aliphatic hydroxyl groups is 1. The van der Waals surface area contributed by atoms with E-state index < -0.39 is 17.2 Å². The molecule has 4 N–H and O–H groups in total. The van der Waals surface area contributed by atoms with Gasteiger partial charge >= 0.3 is 0 Å². The van der Waals surface area contributed by atoms with Crippen molar-refractivity contribution in [3.63, 3.8) is 0 Å². The second kappa shape index (κ2) is 9.93. The van der Waals surface area contributed by atoms with E-state index in [0.29, 0.717) is 6.42 Å². The number of carbonyl (C=O) groups excluding carboxylic acids is 1. The molecule has 0 radical (unpaired) electrons. The van der Waals surface area contributed by atoms with Crippen LogP contribution in [-0.4, -0.2) is 60.3 Å². The van der Waals surface area contributed by atoms with Crippen LogP contribution in [0.1, 0.15) is 77.7 Å². The molecule has 1 spiro atoms. The maximum absolute atomic E-state index is 13.4. The molecule has 1 aromatic rings. The molecule has 2 fully saturated rings. The lowest BCUT2D eigenvalue weighted by Gasteiger charge is -2.38. The maximum atomic E-state index is 13.4. The van der Waals surface area contributed by atoms with E-state index in [9.17, 15) is 9.90 Å². The number of hydrogen-bond donors (Lipinski definition) is 3. The lowest BCUT2D eigenvalue weighted by molar-refractivity contribution is -0.141. The number of fused-ring (bicyclic) bond motifs is 2. The third kappa shape index (κ3) is 4.80.